The summed E-state index contributed by atoms with van der Waals surface area (Å²) in [6.07, 6.45) is 6.17. The predicted molar refractivity (Wildman–Crippen MR) is 85.3 cm³/mol. The van der Waals surface area contributed by atoms with Crippen molar-refractivity contribution in [3.05, 3.63) is 38.4 Å². The first-order valence-electron chi connectivity index (χ1n) is 6.61. The zero-order chi connectivity index (χ0) is 13.4. The summed E-state index contributed by atoms with van der Waals surface area (Å²) in [5.74, 6) is 0.463. The number of nitrogens with zero attached hydrogens (tertiary/aromatic N) is 1. The summed E-state index contributed by atoms with van der Waals surface area (Å²) < 4.78 is 1.01. The largest absolute Gasteiger partial charge is 0.236 e. The van der Waals surface area contributed by atoms with Gasteiger partial charge in [-0.05, 0) is 37.0 Å². The van der Waals surface area contributed by atoms with E-state index in [0.29, 0.717) is 11.1 Å². The Balaban J connectivity index is 2.17. The average molecular weight is 359 g/mol. The van der Waals surface area contributed by atoms with E-state index in [1.165, 1.54) is 32.1 Å². The van der Waals surface area contributed by atoms with Gasteiger partial charge in [-0.2, -0.15) is 0 Å². The second-order valence-electron chi connectivity index (χ2n) is 5.13. The molecule has 0 aliphatic heterocycles. The molecule has 0 atom stereocenters. The third-order valence-corrected chi connectivity index (χ3v) is 5.07. The molecule has 19 heavy (non-hydrogen) atoms. The van der Waals surface area contributed by atoms with Crippen LogP contribution in [0.1, 0.15) is 43.6 Å². The van der Waals surface area contributed by atoms with Gasteiger partial charge in [0.25, 0.3) is 0 Å². The minimum atomic E-state index is 0.463. The monoisotopic (exact) mass is 357 g/mol. The molecule has 3 rings (SSSR count). The van der Waals surface area contributed by atoms with Gasteiger partial charge in [0, 0.05) is 15.4 Å². The summed E-state index contributed by atoms with van der Waals surface area (Å²) in [6.45, 7) is 0. The third-order valence-electron chi connectivity index (χ3n) is 3.89. The number of halogens is 3. The van der Waals surface area contributed by atoms with Crippen LogP contribution in [-0.4, -0.2) is 4.98 Å². The van der Waals surface area contributed by atoms with E-state index in [1.54, 1.807) is 0 Å². The molecule has 0 radical (unpaired) electrons. The minimum absolute atomic E-state index is 0.463. The van der Waals surface area contributed by atoms with Gasteiger partial charge >= 0.3 is 0 Å². The molecule has 1 aliphatic carbocycles. The summed E-state index contributed by atoms with van der Waals surface area (Å²) >= 11 is 16.5. The Morgan fingerprint density at radius 2 is 1.84 bits per heavy atom. The van der Waals surface area contributed by atoms with Gasteiger partial charge in [-0.1, -0.05) is 58.4 Å². The van der Waals surface area contributed by atoms with Crippen LogP contribution in [-0.2, 0) is 0 Å². The molecule has 2 aromatic rings. The number of fused-ring (bicyclic) bond motifs is 1. The highest BCUT2D eigenvalue weighted by atomic mass is 79.9. The summed E-state index contributed by atoms with van der Waals surface area (Å²) in [7, 11) is 0. The van der Waals surface area contributed by atoms with Crippen molar-refractivity contribution in [2.24, 2.45) is 0 Å². The molecule has 1 aliphatic rings. The minimum Gasteiger partial charge on any atom is -0.236 e. The molecule has 100 valence electrons. The first kappa shape index (κ1) is 13.7. The molecule has 0 unspecified atom stereocenters. The van der Waals surface area contributed by atoms with Crippen molar-refractivity contribution >= 4 is 50.0 Å². The highest BCUT2D eigenvalue weighted by molar-refractivity contribution is 9.10. The second-order valence-corrected chi connectivity index (χ2v) is 6.78. The van der Waals surface area contributed by atoms with Crippen LogP contribution in [0.3, 0.4) is 0 Å². The Morgan fingerprint density at radius 1 is 1.11 bits per heavy atom. The van der Waals surface area contributed by atoms with Crippen molar-refractivity contribution in [3.8, 4) is 0 Å². The van der Waals surface area contributed by atoms with Crippen molar-refractivity contribution in [1.29, 1.82) is 0 Å². The number of aromatic nitrogens is 1. The van der Waals surface area contributed by atoms with Gasteiger partial charge in [0.2, 0.25) is 0 Å². The van der Waals surface area contributed by atoms with Crippen molar-refractivity contribution in [2.75, 3.05) is 0 Å². The Hall–Kier alpha value is -0.310. The van der Waals surface area contributed by atoms with E-state index >= 15 is 0 Å². The average Bonchev–Trinajstić information content (AvgIpc) is 2.41. The van der Waals surface area contributed by atoms with Crippen LogP contribution in [0.5, 0.6) is 0 Å². The molecule has 0 amide bonds. The molecule has 1 fully saturated rings. The highest BCUT2D eigenvalue weighted by Gasteiger charge is 2.23. The Bertz CT molecular complexity index is 621. The first-order valence-corrected chi connectivity index (χ1v) is 8.16. The van der Waals surface area contributed by atoms with Crippen LogP contribution < -0.4 is 0 Å². The maximum absolute atomic E-state index is 6.61. The topological polar surface area (TPSA) is 12.9 Å². The maximum atomic E-state index is 6.61. The number of hydrogen-bond acceptors (Lipinski definition) is 1. The summed E-state index contributed by atoms with van der Waals surface area (Å²) in [6, 6.07) is 5.93. The summed E-state index contributed by atoms with van der Waals surface area (Å²) in [4.78, 5) is 4.51. The lowest BCUT2D eigenvalue weighted by molar-refractivity contribution is 0.443. The molecule has 1 nitrogen and oxygen atoms in total. The Labute approximate surface area is 131 Å². The van der Waals surface area contributed by atoms with Crippen LogP contribution in [0.25, 0.3) is 10.9 Å². The maximum Gasteiger partial charge on any atom is 0.134 e. The van der Waals surface area contributed by atoms with Gasteiger partial charge in [0.1, 0.15) is 5.15 Å². The van der Waals surface area contributed by atoms with Crippen LogP contribution in [0, 0.1) is 0 Å². The molecule has 1 saturated carbocycles. The van der Waals surface area contributed by atoms with Crippen molar-refractivity contribution in [1.82, 2.24) is 4.98 Å². The van der Waals surface area contributed by atoms with Crippen molar-refractivity contribution in [2.45, 2.75) is 38.0 Å². The van der Waals surface area contributed by atoms with Crippen molar-refractivity contribution < 1.29 is 0 Å². The Kier molecular flexibility index (Phi) is 4.02. The first-order chi connectivity index (χ1) is 9.16. The Morgan fingerprint density at radius 3 is 2.58 bits per heavy atom. The zero-order valence-electron chi connectivity index (χ0n) is 10.4. The van der Waals surface area contributed by atoms with E-state index in [0.717, 1.165) is 26.0 Å². The van der Waals surface area contributed by atoms with Gasteiger partial charge in [-0.25, -0.2) is 4.98 Å². The lowest BCUT2D eigenvalue weighted by Gasteiger charge is -2.24. The molecular formula is C15H14BrCl2N. The fourth-order valence-corrected chi connectivity index (χ4v) is 4.07. The lowest BCUT2D eigenvalue weighted by Crippen LogP contribution is -2.07. The number of pyridine rings is 1. The normalized spacial score (nSPS) is 17.0. The van der Waals surface area contributed by atoms with Crippen LogP contribution in [0.4, 0.5) is 0 Å². The quantitative estimate of drug-likeness (QED) is 0.541. The summed E-state index contributed by atoms with van der Waals surface area (Å²) in [5, 5.41) is 2.34. The second kappa shape index (κ2) is 5.59. The smallest absolute Gasteiger partial charge is 0.134 e. The fraction of sp³-hybridized carbons (Fsp3) is 0.400. The molecule has 1 heterocycles. The van der Waals surface area contributed by atoms with E-state index < -0.39 is 0 Å². The number of rotatable bonds is 1. The lowest BCUT2D eigenvalue weighted by atomic mass is 9.84. The number of hydrogen-bond donors (Lipinski definition) is 0. The van der Waals surface area contributed by atoms with Crippen LogP contribution in [0.15, 0.2) is 22.7 Å². The van der Waals surface area contributed by atoms with E-state index in [1.807, 2.05) is 18.2 Å². The predicted octanol–water partition coefficient (Wildman–Crippen LogP) is 6.35. The van der Waals surface area contributed by atoms with Gasteiger partial charge in [-0.15, -0.1) is 0 Å². The summed E-state index contributed by atoms with van der Waals surface area (Å²) in [5.41, 5.74) is 1.91. The molecule has 0 spiro atoms. The number of benzene rings is 1. The van der Waals surface area contributed by atoms with Crippen molar-refractivity contribution in [3.63, 3.8) is 0 Å². The molecule has 0 saturated heterocycles. The molecule has 0 N–H and O–H groups in total. The van der Waals surface area contributed by atoms with Gasteiger partial charge in [0.15, 0.2) is 0 Å². The molecule has 4 heteroatoms. The van der Waals surface area contributed by atoms with Gasteiger partial charge in [0.05, 0.1) is 10.5 Å². The van der Waals surface area contributed by atoms with Gasteiger partial charge in [-0.3, -0.25) is 0 Å². The van der Waals surface area contributed by atoms with Gasteiger partial charge < -0.3 is 0 Å². The van der Waals surface area contributed by atoms with E-state index in [2.05, 4.69) is 20.9 Å². The van der Waals surface area contributed by atoms with E-state index in [-0.39, 0.29) is 0 Å². The van der Waals surface area contributed by atoms with Crippen LogP contribution in [0.2, 0.25) is 10.2 Å². The van der Waals surface area contributed by atoms with E-state index in [9.17, 15) is 0 Å². The zero-order valence-corrected chi connectivity index (χ0v) is 13.5. The third kappa shape index (κ3) is 2.63. The molecule has 1 aromatic carbocycles. The highest BCUT2D eigenvalue weighted by Crippen LogP contribution is 2.42. The van der Waals surface area contributed by atoms with Crippen LogP contribution >= 0.6 is 39.1 Å². The molecule has 0 bridgehead atoms. The molecular weight excluding hydrogens is 345 g/mol. The van der Waals surface area contributed by atoms with E-state index in [4.69, 9.17) is 23.2 Å². The SMILES string of the molecule is Clc1nc2ccc(Br)cc2c(Cl)c1C1CCCCC1. The fourth-order valence-electron chi connectivity index (χ4n) is 2.92. The molecule has 1 aromatic heterocycles. The standard InChI is InChI=1S/C15H14BrCl2N/c16-10-6-7-12-11(8-10)14(17)13(15(18)19-12)9-4-2-1-3-5-9/h6-9H,1-5H2.